The highest BCUT2D eigenvalue weighted by Gasteiger charge is 2.42. The molecule has 2 aliphatic rings. The third kappa shape index (κ3) is 2.15. The SMILES string of the molecule is CN1CC(Oc2ccc(C3(O)CC3)cc2Cl)C1. The lowest BCUT2D eigenvalue weighted by Gasteiger charge is -2.36. The first-order valence-corrected chi connectivity index (χ1v) is 6.32. The number of benzene rings is 1. The van der Waals surface area contributed by atoms with E-state index in [2.05, 4.69) is 11.9 Å². The summed E-state index contributed by atoms with van der Waals surface area (Å²) in [5.74, 6) is 0.720. The standard InChI is InChI=1S/C13H16ClNO2/c1-15-7-10(8-15)17-12-3-2-9(6-11(12)14)13(16)4-5-13/h2-3,6,10,16H,4-5,7-8H2,1H3. The molecule has 17 heavy (non-hydrogen) atoms. The Balaban J connectivity index is 1.73. The molecule has 1 aliphatic carbocycles. The van der Waals surface area contributed by atoms with E-state index in [4.69, 9.17) is 16.3 Å². The van der Waals surface area contributed by atoms with Crippen LogP contribution in [-0.4, -0.2) is 36.2 Å². The molecule has 3 rings (SSSR count). The number of hydrogen-bond acceptors (Lipinski definition) is 3. The number of ether oxygens (including phenoxy) is 1. The molecule has 1 aromatic rings. The summed E-state index contributed by atoms with van der Waals surface area (Å²) < 4.78 is 5.78. The molecule has 3 nitrogen and oxygen atoms in total. The minimum Gasteiger partial charge on any atom is -0.486 e. The highest BCUT2D eigenvalue weighted by atomic mass is 35.5. The Morgan fingerprint density at radius 3 is 2.65 bits per heavy atom. The summed E-state index contributed by atoms with van der Waals surface area (Å²) in [6, 6.07) is 5.61. The van der Waals surface area contributed by atoms with Crippen LogP contribution >= 0.6 is 11.6 Å². The molecule has 1 aliphatic heterocycles. The van der Waals surface area contributed by atoms with Crippen LogP contribution in [0.15, 0.2) is 18.2 Å². The monoisotopic (exact) mass is 253 g/mol. The summed E-state index contributed by atoms with van der Waals surface area (Å²) in [5.41, 5.74) is 0.277. The number of likely N-dealkylation sites (tertiary alicyclic amines) is 1. The van der Waals surface area contributed by atoms with Crippen molar-refractivity contribution in [3.05, 3.63) is 28.8 Å². The van der Waals surface area contributed by atoms with E-state index in [0.717, 1.165) is 37.2 Å². The van der Waals surface area contributed by atoms with Crippen molar-refractivity contribution < 1.29 is 9.84 Å². The Morgan fingerprint density at radius 2 is 2.12 bits per heavy atom. The lowest BCUT2D eigenvalue weighted by Crippen LogP contribution is -2.51. The van der Waals surface area contributed by atoms with Crippen LogP contribution in [-0.2, 0) is 5.60 Å². The van der Waals surface area contributed by atoms with Gasteiger partial charge in [0.2, 0.25) is 0 Å². The molecule has 0 aromatic heterocycles. The van der Waals surface area contributed by atoms with Crippen molar-refractivity contribution in [3.63, 3.8) is 0 Å². The fraction of sp³-hybridized carbons (Fsp3) is 0.538. The molecule has 1 N–H and O–H groups in total. The molecule has 0 spiro atoms. The van der Waals surface area contributed by atoms with Crippen molar-refractivity contribution in [3.8, 4) is 5.75 Å². The minimum atomic E-state index is -0.626. The van der Waals surface area contributed by atoms with Crippen LogP contribution in [0.3, 0.4) is 0 Å². The second-order valence-corrected chi connectivity index (χ2v) is 5.55. The third-order valence-electron chi connectivity index (χ3n) is 3.52. The number of halogens is 1. The van der Waals surface area contributed by atoms with Gasteiger partial charge in [-0.3, -0.25) is 4.90 Å². The Hall–Kier alpha value is -0.770. The first-order chi connectivity index (χ1) is 8.07. The molecule has 0 bridgehead atoms. The first kappa shape index (κ1) is 11.3. The minimum absolute atomic E-state index is 0.243. The van der Waals surface area contributed by atoms with E-state index < -0.39 is 5.60 Å². The molecule has 0 atom stereocenters. The molecule has 1 saturated heterocycles. The van der Waals surface area contributed by atoms with Gasteiger partial charge < -0.3 is 9.84 Å². The van der Waals surface area contributed by atoms with Gasteiger partial charge in [-0.15, -0.1) is 0 Å². The second-order valence-electron chi connectivity index (χ2n) is 5.14. The quantitative estimate of drug-likeness (QED) is 0.895. The van der Waals surface area contributed by atoms with E-state index in [-0.39, 0.29) is 6.10 Å². The van der Waals surface area contributed by atoms with Gasteiger partial charge in [0.15, 0.2) is 0 Å². The summed E-state index contributed by atoms with van der Waals surface area (Å²) in [4.78, 5) is 2.19. The predicted octanol–water partition coefficient (Wildman–Crippen LogP) is 2.01. The van der Waals surface area contributed by atoms with Crippen LogP contribution in [0, 0.1) is 0 Å². The van der Waals surface area contributed by atoms with Gasteiger partial charge in [-0.05, 0) is 37.6 Å². The lowest BCUT2D eigenvalue weighted by atomic mass is 10.1. The van der Waals surface area contributed by atoms with E-state index in [1.807, 2.05) is 18.2 Å². The number of hydrogen-bond donors (Lipinski definition) is 1. The fourth-order valence-electron chi connectivity index (χ4n) is 2.19. The summed E-state index contributed by atoms with van der Waals surface area (Å²) in [6.45, 7) is 1.89. The molecule has 2 fully saturated rings. The van der Waals surface area contributed by atoms with E-state index in [1.165, 1.54) is 0 Å². The maximum absolute atomic E-state index is 9.98. The normalized spacial score (nSPS) is 23.2. The Morgan fingerprint density at radius 1 is 1.41 bits per heavy atom. The highest BCUT2D eigenvalue weighted by Crippen LogP contribution is 2.46. The van der Waals surface area contributed by atoms with E-state index >= 15 is 0 Å². The number of likely N-dealkylation sites (N-methyl/N-ethyl adjacent to an activating group) is 1. The van der Waals surface area contributed by atoms with Gasteiger partial charge in [0, 0.05) is 13.1 Å². The summed E-state index contributed by atoms with van der Waals surface area (Å²) in [6.07, 6.45) is 1.90. The van der Waals surface area contributed by atoms with Gasteiger partial charge in [-0.2, -0.15) is 0 Å². The molecule has 4 heteroatoms. The van der Waals surface area contributed by atoms with Crippen LogP contribution in [0.2, 0.25) is 5.02 Å². The average Bonchev–Trinajstić information content (AvgIpc) is 2.98. The maximum atomic E-state index is 9.98. The maximum Gasteiger partial charge on any atom is 0.138 e. The van der Waals surface area contributed by atoms with Crippen LogP contribution in [0.1, 0.15) is 18.4 Å². The van der Waals surface area contributed by atoms with Crippen molar-refractivity contribution in [2.45, 2.75) is 24.5 Å². The number of rotatable bonds is 3. The van der Waals surface area contributed by atoms with Crippen molar-refractivity contribution in [1.82, 2.24) is 4.90 Å². The predicted molar refractivity (Wildman–Crippen MR) is 66.5 cm³/mol. The molecule has 92 valence electrons. The molecule has 1 heterocycles. The molecular weight excluding hydrogens is 238 g/mol. The van der Waals surface area contributed by atoms with E-state index in [0.29, 0.717) is 5.02 Å². The summed E-state index contributed by atoms with van der Waals surface area (Å²) >= 11 is 6.18. The van der Waals surface area contributed by atoms with Crippen molar-refractivity contribution in [1.29, 1.82) is 0 Å². The second kappa shape index (κ2) is 3.87. The molecule has 1 saturated carbocycles. The van der Waals surface area contributed by atoms with Crippen LogP contribution in [0.5, 0.6) is 5.75 Å². The fourth-order valence-corrected chi connectivity index (χ4v) is 2.41. The van der Waals surface area contributed by atoms with Crippen molar-refractivity contribution >= 4 is 11.6 Å². The molecule has 0 unspecified atom stereocenters. The molecule has 1 aromatic carbocycles. The van der Waals surface area contributed by atoms with Gasteiger partial charge in [0.25, 0.3) is 0 Å². The Labute approximate surface area is 106 Å². The molecule has 0 amide bonds. The zero-order chi connectivity index (χ0) is 12.0. The zero-order valence-corrected chi connectivity index (χ0v) is 10.6. The van der Waals surface area contributed by atoms with Crippen LogP contribution in [0.4, 0.5) is 0 Å². The topological polar surface area (TPSA) is 32.7 Å². The smallest absolute Gasteiger partial charge is 0.138 e. The van der Waals surface area contributed by atoms with E-state index in [9.17, 15) is 5.11 Å². The van der Waals surface area contributed by atoms with Gasteiger partial charge in [0.1, 0.15) is 11.9 Å². The van der Waals surface area contributed by atoms with Gasteiger partial charge in [0.05, 0.1) is 10.6 Å². The van der Waals surface area contributed by atoms with Gasteiger partial charge in [-0.1, -0.05) is 17.7 Å². The van der Waals surface area contributed by atoms with Crippen molar-refractivity contribution in [2.24, 2.45) is 0 Å². The van der Waals surface area contributed by atoms with Crippen LogP contribution in [0.25, 0.3) is 0 Å². The summed E-state index contributed by atoms with van der Waals surface area (Å²) in [5, 5.41) is 10.6. The number of aliphatic hydroxyl groups is 1. The summed E-state index contributed by atoms with van der Waals surface area (Å²) in [7, 11) is 2.06. The Kier molecular flexibility index (Phi) is 2.58. The largest absolute Gasteiger partial charge is 0.486 e. The van der Waals surface area contributed by atoms with Gasteiger partial charge in [-0.25, -0.2) is 0 Å². The average molecular weight is 254 g/mol. The third-order valence-corrected chi connectivity index (χ3v) is 3.81. The zero-order valence-electron chi connectivity index (χ0n) is 9.82. The van der Waals surface area contributed by atoms with Crippen LogP contribution < -0.4 is 4.74 Å². The van der Waals surface area contributed by atoms with Crippen molar-refractivity contribution in [2.75, 3.05) is 20.1 Å². The highest BCUT2D eigenvalue weighted by molar-refractivity contribution is 6.32. The molecular formula is C13H16ClNO2. The lowest BCUT2D eigenvalue weighted by molar-refractivity contribution is 0.0388. The molecule has 0 radical (unpaired) electrons. The number of nitrogens with zero attached hydrogens (tertiary/aromatic N) is 1. The van der Waals surface area contributed by atoms with E-state index in [1.54, 1.807) is 0 Å². The first-order valence-electron chi connectivity index (χ1n) is 5.94. The van der Waals surface area contributed by atoms with Gasteiger partial charge >= 0.3 is 0 Å². The Bertz CT molecular complexity index is 439.